The molecule has 4 N–H and O–H groups in total. The zero-order chi connectivity index (χ0) is 23.0. The highest BCUT2D eigenvalue weighted by atomic mass is 19.4. The Morgan fingerprint density at radius 3 is 2.16 bits per heavy atom. The van der Waals surface area contributed by atoms with Crippen LogP contribution in [0, 0.1) is 0 Å². The summed E-state index contributed by atoms with van der Waals surface area (Å²) in [5.74, 6) is 3.83. The van der Waals surface area contributed by atoms with E-state index in [2.05, 4.69) is 0 Å². The van der Waals surface area contributed by atoms with E-state index in [1.165, 1.54) is 12.1 Å². The van der Waals surface area contributed by atoms with Crippen LogP contribution in [-0.2, 0) is 22.2 Å². The van der Waals surface area contributed by atoms with Gasteiger partial charge in [0, 0.05) is 18.7 Å². The minimum Gasteiger partial charge on any atom is -0.484 e. The first kappa shape index (κ1) is 23.9. The van der Waals surface area contributed by atoms with Gasteiger partial charge in [-0.15, -0.1) is 0 Å². The normalized spacial score (nSPS) is 16.6. The molecule has 7 nitrogen and oxygen atoms in total. The third-order valence-corrected chi connectivity index (χ3v) is 4.30. The molecule has 0 saturated carbocycles. The van der Waals surface area contributed by atoms with Crippen molar-refractivity contribution in [3.63, 3.8) is 0 Å². The van der Waals surface area contributed by atoms with Gasteiger partial charge in [0.15, 0.2) is 0 Å². The zero-order valence-electron chi connectivity index (χ0n) is 16.2. The Bertz CT molecular complexity index is 913. The van der Waals surface area contributed by atoms with Gasteiger partial charge in [0.05, 0.1) is 12.1 Å². The number of hydrogen-bond donors (Lipinski definition) is 3. The lowest BCUT2D eigenvalue weighted by molar-refractivity contribution is -0.137. The number of halogens is 3. The van der Waals surface area contributed by atoms with E-state index in [9.17, 15) is 22.8 Å². The lowest BCUT2D eigenvalue weighted by Gasteiger charge is -2.22. The van der Waals surface area contributed by atoms with Crippen LogP contribution in [0.1, 0.15) is 22.8 Å². The molecule has 1 unspecified atom stereocenters. The number of hydrogen-bond acceptors (Lipinski definition) is 5. The average molecular weight is 438 g/mol. The minimum absolute atomic E-state index is 0.310. The fraction of sp³-hybridized carbons (Fsp3) is 0.238. The number of nitrogens with two attached hydrogens (primary N) is 1. The number of aliphatic carboxylic acids is 2. The van der Waals surface area contributed by atoms with Crippen molar-refractivity contribution in [1.29, 1.82) is 0 Å². The quantitative estimate of drug-likeness (QED) is 0.496. The van der Waals surface area contributed by atoms with Crippen LogP contribution in [0.2, 0.25) is 0 Å². The molecule has 10 heteroatoms. The van der Waals surface area contributed by atoms with Crippen LogP contribution in [0.3, 0.4) is 0 Å². The molecule has 0 saturated heterocycles. The second kappa shape index (κ2) is 10.6. The number of fused-ring (bicyclic) bond motifs is 1. The SMILES string of the molecule is NN1CCc2ccccc2C(Oc2ccc(C(F)(F)F)cc2)C1.O=C(O)C=CC(=O)O. The second-order valence-electron chi connectivity index (χ2n) is 6.58. The summed E-state index contributed by atoms with van der Waals surface area (Å²) in [5, 5.41) is 17.3. The van der Waals surface area contributed by atoms with E-state index >= 15 is 0 Å². The van der Waals surface area contributed by atoms with Crippen molar-refractivity contribution in [1.82, 2.24) is 5.01 Å². The molecule has 3 rings (SSSR count). The summed E-state index contributed by atoms with van der Waals surface area (Å²) in [7, 11) is 0. The zero-order valence-corrected chi connectivity index (χ0v) is 16.2. The highest BCUT2D eigenvalue weighted by Crippen LogP contribution is 2.32. The predicted molar refractivity (Wildman–Crippen MR) is 105 cm³/mol. The minimum atomic E-state index is -4.35. The van der Waals surface area contributed by atoms with Crippen LogP contribution < -0.4 is 10.6 Å². The van der Waals surface area contributed by atoms with Gasteiger partial charge >= 0.3 is 18.1 Å². The molecule has 0 spiro atoms. The second-order valence-corrected chi connectivity index (χ2v) is 6.58. The standard InChI is InChI=1S/C17H17F3N2O.C4H4O4/c18-17(19,20)13-5-7-14(8-6-13)23-16-11-22(21)10-9-12-3-1-2-4-15(12)16;5-3(6)1-2-4(7)8/h1-8,16H,9-11,21H2;1-2H,(H,5,6)(H,7,8). The van der Waals surface area contributed by atoms with E-state index in [0.29, 0.717) is 31.0 Å². The molecule has 1 atom stereocenters. The van der Waals surface area contributed by atoms with Crippen LogP contribution in [0.25, 0.3) is 0 Å². The van der Waals surface area contributed by atoms with Crippen molar-refractivity contribution in [2.45, 2.75) is 18.7 Å². The van der Waals surface area contributed by atoms with E-state index in [1.54, 1.807) is 5.01 Å². The van der Waals surface area contributed by atoms with E-state index < -0.39 is 23.7 Å². The highest BCUT2D eigenvalue weighted by molar-refractivity contribution is 5.89. The Kier molecular flexibility index (Phi) is 8.17. The first-order valence-electron chi connectivity index (χ1n) is 9.11. The van der Waals surface area contributed by atoms with E-state index in [0.717, 1.165) is 29.7 Å². The van der Waals surface area contributed by atoms with Crippen molar-refractivity contribution in [2.75, 3.05) is 13.1 Å². The van der Waals surface area contributed by atoms with Gasteiger partial charge in [-0.3, -0.25) is 5.84 Å². The van der Waals surface area contributed by atoms with Gasteiger partial charge in [0.25, 0.3) is 0 Å². The summed E-state index contributed by atoms with van der Waals surface area (Å²) in [6, 6.07) is 12.6. The molecule has 0 fully saturated rings. The van der Waals surface area contributed by atoms with Gasteiger partial charge < -0.3 is 14.9 Å². The molecule has 0 aliphatic carbocycles. The van der Waals surface area contributed by atoms with Crippen molar-refractivity contribution >= 4 is 11.9 Å². The fourth-order valence-corrected chi connectivity index (χ4v) is 2.87. The van der Waals surface area contributed by atoms with Gasteiger partial charge in [-0.2, -0.15) is 13.2 Å². The lowest BCUT2D eigenvalue weighted by atomic mass is 10.0. The summed E-state index contributed by atoms with van der Waals surface area (Å²) in [5.41, 5.74) is 1.49. The summed E-state index contributed by atoms with van der Waals surface area (Å²) in [4.78, 5) is 19.1. The number of benzene rings is 2. The number of hydrazine groups is 1. The number of carboxylic acids is 2. The number of alkyl halides is 3. The van der Waals surface area contributed by atoms with Crippen LogP contribution in [0.15, 0.2) is 60.7 Å². The number of rotatable bonds is 4. The molecule has 1 aliphatic rings. The van der Waals surface area contributed by atoms with Crippen LogP contribution in [0.4, 0.5) is 13.2 Å². The topological polar surface area (TPSA) is 113 Å². The number of nitrogens with zero attached hydrogens (tertiary/aromatic N) is 1. The van der Waals surface area contributed by atoms with Gasteiger partial charge in [0.1, 0.15) is 11.9 Å². The predicted octanol–water partition coefficient (Wildman–Crippen LogP) is 3.27. The number of ether oxygens (including phenoxy) is 1. The van der Waals surface area contributed by atoms with Gasteiger partial charge in [0.2, 0.25) is 0 Å². The first-order chi connectivity index (χ1) is 14.6. The molecule has 2 aromatic carbocycles. The summed E-state index contributed by atoms with van der Waals surface area (Å²) >= 11 is 0. The van der Waals surface area contributed by atoms with Crippen LogP contribution >= 0.6 is 0 Å². The van der Waals surface area contributed by atoms with Crippen molar-refractivity contribution in [3.8, 4) is 5.75 Å². The van der Waals surface area contributed by atoms with E-state index in [1.807, 2.05) is 24.3 Å². The molecule has 1 aliphatic heterocycles. The number of carboxylic acid groups (broad SMARTS) is 2. The largest absolute Gasteiger partial charge is 0.484 e. The molecule has 0 aromatic heterocycles. The maximum Gasteiger partial charge on any atom is 0.416 e. The van der Waals surface area contributed by atoms with Crippen LogP contribution in [0.5, 0.6) is 5.75 Å². The molecule has 2 aromatic rings. The molecule has 0 bridgehead atoms. The third-order valence-electron chi connectivity index (χ3n) is 4.30. The lowest BCUT2D eigenvalue weighted by Crippen LogP contribution is -2.36. The van der Waals surface area contributed by atoms with Gasteiger partial charge in [-0.25, -0.2) is 14.6 Å². The summed E-state index contributed by atoms with van der Waals surface area (Å²) in [6.07, 6.45) is -2.72. The first-order valence-corrected chi connectivity index (χ1v) is 9.11. The maximum atomic E-state index is 12.6. The molecule has 0 radical (unpaired) electrons. The molecule has 1 heterocycles. The Hall–Kier alpha value is -3.37. The summed E-state index contributed by atoms with van der Waals surface area (Å²) < 4.78 is 43.8. The Morgan fingerprint density at radius 1 is 1.03 bits per heavy atom. The highest BCUT2D eigenvalue weighted by Gasteiger charge is 2.30. The maximum absolute atomic E-state index is 12.6. The van der Waals surface area contributed by atoms with Gasteiger partial charge in [-0.1, -0.05) is 24.3 Å². The van der Waals surface area contributed by atoms with Crippen LogP contribution in [-0.4, -0.2) is 40.3 Å². The van der Waals surface area contributed by atoms with E-state index in [-0.39, 0.29) is 6.10 Å². The Morgan fingerprint density at radius 2 is 1.61 bits per heavy atom. The van der Waals surface area contributed by atoms with Crippen molar-refractivity contribution in [2.24, 2.45) is 5.84 Å². The molecule has 31 heavy (non-hydrogen) atoms. The Balaban J connectivity index is 0.000000366. The fourth-order valence-electron chi connectivity index (χ4n) is 2.87. The molecule has 0 amide bonds. The van der Waals surface area contributed by atoms with Crippen molar-refractivity contribution in [3.05, 3.63) is 77.4 Å². The molecule has 166 valence electrons. The summed E-state index contributed by atoms with van der Waals surface area (Å²) in [6.45, 7) is 1.20. The van der Waals surface area contributed by atoms with Crippen molar-refractivity contribution < 1.29 is 37.7 Å². The monoisotopic (exact) mass is 438 g/mol. The Labute approximate surface area is 176 Å². The smallest absolute Gasteiger partial charge is 0.416 e. The number of carbonyl (C=O) groups is 2. The average Bonchev–Trinajstić information content (AvgIpc) is 2.86. The molecular weight excluding hydrogens is 417 g/mol. The van der Waals surface area contributed by atoms with Gasteiger partial charge in [-0.05, 0) is 41.8 Å². The molecular formula is C21H21F3N2O5. The van der Waals surface area contributed by atoms with E-state index in [4.69, 9.17) is 20.8 Å². The third kappa shape index (κ3) is 7.76.